The predicted molar refractivity (Wildman–Crippen MR) is 113 cm³/mol. The van der Waals surface area contributed by atoms with Gasteiger partial charge in [0.1, 0.15) is 0 Å². The Labute approximate surface area is 160 Å². The SMILES string of the molecule is CCC[CH2][Sn]([CH2]CCC)([CH2]CCC)[c]1ccncc1[C@@H]1CCCN1C. The fourth-order valence-electron chi connectivity index (χ4n) is 4.78. The Balaban J connectivity index is 2.43. The molecule has 1 fully saturated rings. The van der Waals surface area contributed by atoms with E-state index in [2.05, 4.69) is 56.2 Å². The zero-order valence-corrected chi connectivity index (χ0v) is 20.0. The van der Waals surface area contributed by atoms with Gasteiger partial charge in [-0.1, -0.05) is 0 Å². The number of hydrogen-bond acceptors (Lipinski definition) is 2. The molecule has 1 saturated heterocycles. The monoisotopic (exact) mass is 452 g/mol. The fraction of sp³-hybridized carbons (Fsp3) is 0.773. The summed E-state index contributed by atoms with van der Waals surface area (Å²) in [6.45, 7) is 8.36. The van der Waals surface area contributed by atoms with Crippen LogP contribution in [0.4, 0.5) is 0 Å². The maximum atomic E-state index is 4.59. The average molecular weight is 451 g/mol. The zero-order chi connectivity index (χ0) is 18.1. The number of nitrogens with zero attached hydrogens (tertiary/aromatic N) is 2. The molecule has 1 atom stereocenters. The van der Waals surface area contributed by atoms with Gasteiger partial charge >= 0.3 is 161 Å². The summed E-state index contributed by atoms with van der Waals surface area (Å²) >= 11 is -2.37. The molecular formula is C22H40N2Sn. The van der Waals surface area contributed by atoms with Gasteiger partial charge in [-0.05, 0) is 0 Å². The molecule has 1 aliphatic rings. The first-order valence-electron chi connectivity index (χ1n) is 10.8. The molecular weight excluding hydrogens is 411 g/mol. The van der Waals surface area contributed by atoms with Crippen molar-refractivity contribution in [1.82, 2.24) is 9.88 Å². The number of pyridine rings is 1. The van der Waals surface area contributed by atoms with Gasteiger partial charge in [0.15, 0.2) is 0 Å². The van der Waals surface area contributed by atoms with E-state index in [1.165, 1.54) is 57.9 Å². The van der Waals surface area contributed by atoms with E-state index >= 15 is 0 Å². The number of aromatic nitrogens is 1. The van der Waals surface area contributed by atoms with Crippen molar-refractivity contribution in [3.05, 3.63) is 24.0 Å². The van der Waals surface area contributed by atoms with E-state index in [0.29, 0.717) is 6.04 Å². The topological polar surface area (TPSA) is 16.1 Å². The molecule has 0 bridgehead atoms. The standard InChI is InChI=1S/C10H13N2.3C4H9.Sn/c1-12-7-3-5-10(12)9-4-2-6-11-8-9;3*1-3-4-2;/h2,6,8,10H,3,5,7H2,1H3;3*1,3-4H2,2H3;/t10-;;;;/m0..../s1. The van der Waals surface area contributed by atoms with Gasteiger partial charge in [-0.25, -0.2) is 0 Å². The molecule has 25 heavy (non-hydrogen) atoms. The van der Waals surface area contributed by atoms with Crippen molar-refractivity contribution < 1.29 is 0 Å². The third-order valence-electron chi connectivity index (χ3n) is 6.33. The normalized spacial score (nSPS) is 18.8. The number of rotatable bonds is 11. The van der Waals surface area contributed by atoms with Gasteiger partial charge < -0.3 is 0 Å². The summed E-state index contributed by atoms with van der Waals surface area (Å²) < 4.78 is 6.51. The maximum absolute atomic E-state index is 4.59. The second-order valence-electron chi connectivity index (χ2n) is 8.19. The van der Waals surface area contributed by atoms with Crippen LogP contribution in [0.1, 0.15) is 83.7 Å². The number of likely N-dealkylation sites (tertiary alicyclic amines) is 1. The molecule has 0 unspecified atom stereocenters. The van der Waals surface area contributed by atoms with Crippen molar-refractivity contribution >= 4 is 22.0 Å². The molecule has 2 rings (SSSR count). The van der Waals surface area contributed by atoms with Crippen LogP contribution in [-0.4, -0.2) is 41.9 Å². The van der Waals surface area contributed by atoms with Gasteiger partial charge in [0.2, 0.25) is 0 Å². The van der Waals surface area contributed by atoms with Crippen LogP contribution in [-0.2, 0) is 0 Å². The first-order chi connectivity index (χ1) is 12.2. The minimum atomic E-state index is -2.37. The number of hydrogen-bond donors (Lipinski definition) is 0. The predicted octanol–water partition coefficient (Wildman–Crippen LogP) is 5.90. The van der Waals surface area contributed by atoms with Crippen LogP contribution in [0.2, 0.25) is 13.3 Å². The first kappa shape index (κ1) is 21.2. The molecule has 2 nitrogen and oxygen atoms in total. The molecule has 0 amide bonds. The van der Waals surface area contributed by atoms with Crippen LogP contribution in [0.25, 0.3) is 0 Å². The summed E-state index contributed by atoms with van der Waals surface area (Å²) in [6, 6.07) is 3.10. The van der Waals surface area contributed by atoms with E-state index < -0.39 is 18.4 Å². The van der Waals surface area contributed by atoms with Crippen molar-refractivity contribution in [2.75, 3.05) is 13.6 Å². The molecule has 0 N–H and O–H groups in total. The third-order valence-corrected chi connectivity index (χ3v) is 22.1. The third kappa shape index (κ3) is 5.45. The van der Waals surface area contributed by atoms with Gasteiger partial charge in [0.25, 0.3) is 0 Å². The first-order valence-corrected chi connectivity index (χ1v) is 18.3. The van der Waals surface area contributed by atoms with Crippen molar-refractivity contribution in [2.45, 2.75) is 91.5 Å². The van der Waals surface area contributed by atoms with Gasteiger partial charge in [-0.2, -0.15) is 0 Å². The van der Waals surface area contributed by atoms with E-state index in [4.69, 9.17) is 0 Å². The summed E-state index contributed by atoms with van der Waals surface area (Å²) in [4.78, 5) is 7.17. The van der Waals surface area contributed by atoms with Crippen molar-refractivity contribution in [3.8, 4) is 0 Å². The Hall–Kier alpha value is -0.0913. The Morgan fingerprint density at radius 2 is 1.64 bits per heavy atom. The van der Waals surface area contributed by atoms with Crippen molar-refractivity contribution in [3.63, 3.8) is 0 Å². The molecule has 0 saturated carbocycles. The molecule has 0 radical (unpaired) electrons. The molecule has 0 aromatic carbocycles. The van der Waals surface area contributed by atoms with E-state index in [-0.39, 0.29) is 0 Å². The second-order valence-corrected chi connectivity index (χ2v) is 21.3. The Kier molecular flexibility index (Phi) is 9.26. The molecule has 1 aliphatic heterocycles. The van der Waals surface area contributed by atoms with Crippen LogP contribution >= 0.6 is 0 Å². The Bertz CT molecular complexity index is 481. The minimum absolute atomic E-state index is 0.629. The molecule has 3 heteroatoms. The summed E-state index contributed by atoms with van der Waals surface area (Å²) in [7, 11) is 2.32. The Morgan fingerprint density at radius 3 is 2.12 bits per heavy atom. The van der Waals surface area contributed by atoms with Crippen molar-refractivity contribution in [2.24, 2.45) is 0 Å². The molecule has 0 spiro atoms. The number of unbranched alkanes of at least 4 members (excludes halogenated alkanes) is 3. The van der Waals surface area contributed by atoms with Crippen LogP contribution in [0.5, 0.6) is 0 Å². The van der Waals surface area contributed by atoms with Gasteiger partial charge in [0, 0.05) is 0 Å². The zero-order valence-electron chi connectivity index (χ0n) is 17.2. The van der Waals surface area contributed by atoms with Crippen LogP contribution in [0, 0.1) is 0 Å². The van der Waals surface area contributed by atoms with Crippen LogP contribution < -0.4 is 3.58 Å². The molecule has 1 aromatic rings. The second kappa shape index (κ2) is 10.9. The average Bonchev–Trinajstić information content (AvgIpc) is 3.07. The van der Waals surface area contributed by atoms with E-state index in [9.17, 15) is 0 Å². The molecule has 142 valence electrons. The quantitative estimate of drug-likeness (QED) is 0.390. The van der Waals surface area contributed by atoms with E-state index in [1.807, 2.05) is 3.58 Å². The Morgan fingerprint density at radius 1 is 1.04 bits per heavy atom. The molecule has 2 heterocycles. The summed E-state index contributed by atoms with van der Waals surface area (Å²) in [6.07, 6.45) is 15.4. The molecule has 1 aromatic heterocycles. The molecule has 0 aliphatic carbocycles. The van der Waals surface area contributed by atoms with Crippen molar-refractivity contribution in [1.29, 1.82) is 0 Å². The van der Waals surface area contributed by atoms with Gasteiger partial charge in [-0.3, -0.25) is 0 Å². The fourth-order valence-corrected chi connectivity index (χ4v) is 21.7. The summed E-state index contributed by atoms with van der Waals surface area (Å²) in [5, 5.41) is 0. The van der Waals surface area contributed by atoms with Gasteiger partial charge in [-0.15, -0.1) is 0 Å². The summed E-state index contributed by atoms with van der Waals surface area (Å²) in [5.74, 6) is 0. The van der Waals surface area contributed by atoms with E-state index in [0.717, 1.165) is 0 Å². The van der Waals surface area contributed by atoms with Gasteiger partial charge in [0.05, 0.1) is 0 Å². The van der Waals surface area contributed by atoms with Crippen LogP contribution in [0.15, 0.2) is 18.5 Å². The van der Waals surface area contributed by atoms with E-state index in [1.54, 1.807) is 18.9 Å². The summed E-state index contributed by atoms with van der Waals surface area (Å²) in [5.41, 5.74) is 1.63. The van der Waals surface area contributed by atoms with Crippen LogP contribution in [0.3, 0.4) is 0 Å².